The lowest BCUT2D eigenvalue weighted by atomic mass is 10.2. The van der Waals surface area contributed by atoms with Crippen LogP contribution in [0.1, 0.15) is 10.4 Å². The molecule has 16 heavy (non-hydrogen) atoms. The lowest BCUT2D eigenvalue weighted by Crippen LogP contribution is -2.36. The maximum atomic E-state index is 13.1. The van der Waals surface area contributed by atoms with Crippen molar-refractivity contribution in [2.75, 3.05) is 20.6 Å². The van der Waals surface area contributed by atoms with Crippen molar-refractivity contribution in [3.05, 3.63) is 29.8 Å². The zero-order valence-electron chi connectivity index (χ0n) is 9.03. The third-order valence-electron chi connectivity index (χ3n) is 1.90. The Labute approximate surface area is 92.3 Å². The minimum absolute atomic E-state index is 0.167. The zero-order valence-corrected chi connectivity index (χ0v) is 9.03. The summed E-state index contributed by atoms with van der Waals surface area (Å²) in [7, 11) is 3.14. The fourth-order valence-electron chi connectivity index (χ4n) is 0.965. The average molecular weight is 225 g/mol. The van der Waals surface area contributed by atoms with Crippen LogP contribution in [0, 0.1) is 5.95 Å². The summed E-state index contributed by atoms with van der Waals surface area (Å²) in [5.74, 6) is -1.77. The number of nitrogens with zero attached hydrogens (tertiary/aromatic N) is 2. The van der Waals surface area contributed by atoms with E-state index in [1.54, 1.807) is 14.1 Å². The van der Waals surface area contributed by atoms with Gasteiger partial charge in [-0.15, -0.1) is 0 Å². The monoisotopic (exact) mass is 225 g/mol. The Bertz CT molecular complexity index is 407. The second kappa shape index (κ2) is 5.20. The van der Waals surface area contributed by atoms with Crippen LogP contribution in [0.3, 0.4) is 0 Å². The van der Waals surface area contributed by atoms with Gasteiger partial charge in [-0.25, -0.2) is 4.98 Å². The smallest absolute Gasteiger partial charge is 0.256 e. The topological polar surface area (TPSA) is 62.3 Å². The summed E-state index contributed by atoms with van der Waals surface area (Å²) in [6.07, 6.45) is 1.25. The highest BCUT2D eigenvalue weighted by Gasteiger charge is 2.13. The van der Waals surface area contributed by atoms with Gasteiger partial charge in [-0.1, -0.05) is 0 Å². The van der Waals surface area contributed by atoms with Crippen molar-refractivity contribution >= 4 is 11.8 Å². The Hall–Kier alpha value is -1.98. The Morgan fingerprint density at radius 2 is 2.19 bits per heavy atom. The summed E-state index contributed by atoms with van der Waals surface area (Å²) in [4.78, 5) is 27.3. The lowest BCUT2D eigenvalue weighted by Gasteiger charge is -2.10. The highest BCUT2D eigenvalue weighted by molar-refractivity contribution is 5.96. The molecular formula is C10H12FN3O2. The van der Waals surface area contributed by atoms with Crippen LogP contribution in [0.15, 0.2) is 18.3 Å². The van der Waals surface area contributed by atoms with Gasteiger partial charge in [0.1, 0.15) is 0 Å². The van der Waals surface area contributed by atoms with Gasteiger partial charge in [-0.05, 0) is 12.1 Å². The molecule has 6 heteroatoms. The van der Waals surface area contributed by atoms with E-state index in [9.17, 15) is 14.0 Å². The first-order valence-electron chi connectivity index (χ1n) is 4.61. The maximum Gasteiger partial charge on any atom is 0.256 e. The summed E-state index contributed by atoms with van der Waals surface area (Å²) in [6, 6.07) is 2.75. The van der Waals surface area contributed by atoms with Gasteiger partial charge in [0.05, 0.1) is 12.1 Å². The molecule has 0 saturated carbocycles. The molecule has 1 aromatic rings. The SMILES string of the molecule is CN(C)C(=O)CNC(=O)c1cccnc1F. The lowest BCUT2D eigenvalue weighted by molar-refractivity contribution is -0.127. The molecule has 1 heterocycles. The summed E-state index contributed by atoms with van der Waals surface area (Å²) < 4.78 is 13.1. The fraction of sp³-hybridized carbons (Fsp3) is 0.300. The first kappa shape index (κ1) is 12.1. The van der Waals surface area contributed by atoms with E-state index < -0.39 is 11.9 Å². The number of aromatic nitrogens is 1. The minimum atomic E-state index is -0.850. The Balaban J connectivity index is 2.60. The van der Waals surface area contributed by atoms with E-state index in [4.69, 9.17) is 0 Å². The van der Waals surface area contributed by atoms with Gasteiger partial charge in [0.15, 0.2) is 0 Å². The molecule has 0 aliphatic carbocycles. The van der Waals surface area contributed by atoms with E-state index in [1.807, 2.05) is 0 Å². The number of rotatable bonds is 3. The molecule has 0 atom stereocenters. The Morgan fingerprint density at radius 1 is 1.50 bits per heavy atom. The number of hydrogen-bond donors (Lipinski definition) is 1. The van der Waals surface area contributed by atoms with Crippen molar-refractivity contribution in [3.63, 3.8) is 0 Å². The molecule has 0 unspecified atom stereocenters. The second-order valence-corrected chi connectivity index (χ2v) is 3.31. The van der Waals surface area contributed by atoms with E-state index in [2.05, 4.69) is 10.3 Å². The van der Waals surface area contributed by atoms with Crippen molar-refractivity contribution in [2.24, 2.45) is 0 Å². The van der Waals surface area contributed by atoms with Crippen molar-refractivity contribution < 1.29 is 14.0 Å². The number of carbonyl (C=O) groups is 2. The third kappa shape index (κ3) is 3.01. The fourth-order valence-corrected chi connectivity index (χ4v) is 0.965. The molecule has 1 rings (SSSR count). The largest absolute Gasteiger partial charge is 0.347 e. The van der Waals surface area contributed by atoms with Crippen LogP contribution in [-0.2, 0) is 4.79 Å². The predicted octanol–water partition coefficient (Wildman–Crippen LogP) is 0.0387. The highest BCUT2D eigenvalue weighted by Crippen LogP contribution is 2.02. The minimum Gasteiger partial charge on any atom is -0.347 e. The third-order valence-corrected chi connectivity index (χ3v) is 1.90. The quantitative estimate of drug-likeness (QED) is 0.739. The van der Waals surface area contributed by atoms with E-state index >= 15 is 0 Å². The molecule has 5 nitrogen and oxygen atoms in total. The van der Waals surface area contributed by atoms with Gasteiger partial charge in [0.25, 0.3) is 5.91 Å². The van der Waals surface area contributed by atoms with Gasteiger partial charge in [-0.2, -0.15) is 4.39 Å². The normalized spacial score (nSPS) is 9.69. The van der Waals surface area contributed by atoms with Crippen LogP contribution in [0.4, 0.5) is 4.39 Å². The van der Waals surface area contributed by atoms with Crippen molar-refractivity contribution in [1.29, 1.82) is 0 Å². The van der Waals surface area contributed by atoms with Gasteiger partial charge in [0.2, 0.25) is 11.9 Å². The van der Waals surface area contributed by atoms with Crippen molar-refractivity contribution in [1.82, 2.24) is 15.2 Å². The van der Waals surface area contributed by atoms with Crippen LogP contribution in [-0.4, -0.2) is 42.3 Å². The number of likely N-dealkylation sites (N-methyl/N-ethyl adjacent to an activating group) is 1. The molecule has 0 aliphatic heterocycles. The highest BCUT2D eigenvalue weighted by atomic mass is 19.1. The van der Waals surface area contributed by atoms with Crippen LogP contribution in [0.5, 0.6) is 0 Å². The molecule has 0 saturated heterocycles. The number of nitrogens with one attached hydrogen (secondary N) is 1. The first-order chi connectivity index (χ1) is 7.52. The predicted molar refractivity (Wildman–Crippen MR) is 55.2 cm³/mol. The van der Waals surface area contributed by atoms with Crippen LogP contribution >= 0.6 is 0 Å². The Kier molecular flexibility index (Phi) is 3.93. The van der Waals surface area contributed by atoms with E-state index in [1.165, 1.54) is 23.2 Å². The molecule has 1 aromatic heterocycles. The second-order valence-electron chi connectivity index (χ2n) is 3.31. The number of hydrogen-bond acceptors (Lipinski definition) is 3. The number of halogens is 1. The summed E-state index contributed by atoms with van der Waals surface area (Å²) in [6.45, 7) is -0.167. The Morgan fingerprint density at radius 3 is 2.75 bits per heavy atom. The van der Waals surface area contributed by atoms with E-state index in [0.29, 0.717) is 0 Å². The molecule has 0 fully saturated rings. The molecule has 86 valence electrons. The van der Waals surface area contributed by atoms with Crippen molar-refractivity contribution in [2.45, 2.75) is 0 Å². The van der Waals surface area contributed by atoms with Crippen LogP contribution in [0.2, 0.25) is 0 Å². The first-order valence-corrected chi connectivity index (χ1v) is 4.61. The number of pyridine rings is 1. The summed E-state index contributed by atoms with van der Waals surface area (Å²) in [5.41, 5.74) is -0.172. The molecule has 1 N–H and O–H groups in total. The van der Waals surface area contributed by atoms with Crippen LogP contribution in [0.25, 0.3) is 0 Å². The molecule has 2 amide bonds. The molecule has 0 radical (unpaired) electrons. The molecule has 0 aromatic carbocycles. The number of carbonyl (C=O) groups excluding carboxylic acids is 2. The molecule has 0 aliphatic rings. The molecule has 0 spiro atoms. The van der Waals surface area contributed by atoms with E-state index in [-0.39, 0.29) is 18.0 Å². The summed E-state index contributed by atoms with van der Waals surface area (Å²) in [5, 5.41) is 2.31. The zero-order chi connectivity index (χ0) is 12.1. The van der Waals surface area contributed by atoms with Crippen LogP contribution < -0.4 is 5.32 Å². The summed E-state index contributed by atoms with van der Waals surface area (Å²) >= 11 is 0. The average Bonchev–Trinajstić information content (AvgIpc) is 2.25. The molecular weight excluding hydrogens is 213 g/mol. The standard InChI is InChI=1S/C10H12FN3O2/c1-14(2)8(15)6-13-10(16)7-4-3-5-12-9(7)11/h3-5H,6H2,1-2H3,(H,13,16). The van der Waals surface area contributed by atoms with Gasteiger partial charge in [-0.3, -0.25) is 9.59 Å². The van der Waals surface area contributed by atoms with Crippen molar-refractivity contribution in [3.8, 4) is 0 Å². The van der Waals surface area contributed by atoms with Gasteiger partial charge in [0, 0.05) is 20.3 Å². The van der Waals surface area contributed by atoms with E-state index in [0.717, 1.165) is 0 Å². The van der Waals surface area contributed by atoms with Gasteiger partial charge >= 0.3 is 0 Å². The number of amides is 2. The molecule has 0 bridgehead atoms. The van der Waals surface area contributed by atoms with Gasteiger partial charge < -0.3 is 10.2 Å². The maximum absolute atomic E-state index is 13.1.